The van der Waals surface area contributed by atoms with Crippen molar-refractivity contribution >= 4 is 40.7 Å². The average molecular weight is 577 g/mol. The smallest absolute Gasteiger partial charge is 0.258 e. The lowest BCUT2D eigenvalue weighted by Crippen LogP contribution is -2.49. The number of benzene rings is 2. The zero-order valence-electron chi connectivity index (χ0n) is 23.0. The monoisotopic (exact) mass is 575 g/mol. The molecule has 39 heavy (non-hydrogen) atoms. The number of carbonyl (C=O) groups excluding carboxylic acids is 2. The highest BCUT2D eigenvalue weighted by Crippen LogP contribution is 2.36. The Morgan fingerprint density at radius 1 is 1.18 bits per heavy atom. The Hall–Kier alpha value is -2.32. The Morgan fingerprint density at radius 2 is 1.92 bits per heavy atom. The van der Waals surface area contributed by atoms with Crippen molar-refractivity contribution in [1.29, 1.82) is 0 Å². The lowest BCUT2D eigenvalue weighted by atomic mass is 9.88. The summed E-state index contributed by atoms with van der Waals surface area (Å²) in [6.07, 6.45) is 4.74. The van der Waals surface area contributed by atoms with Crippen LogP contribution in [0, 0.1) is 11.8 Å². The van der Waals surface area contributed by atoms with E-state index in [1.165, 1.54) is 0 Å². The van der Waals surface area contributed by atoms with Gasteiger partial charge in [0.15, 0.2) is 5.75 Å². The van der Waals surface area contributed by atoms with Gasteiger partial charge in [0.2, 0.25) is 5.91 Å². The largest absolute Gasteiger partial charge is 0.486 e. The van der Waals surface area contributed by atoms with Gasteiger partial charge in [0.05, 0.1) is 33.9 Å². The number of hydrogen-bond acceptors (Lipinski definition) is 5. The molecule has 0 radical (unpaired) electrons. The van der Waals surface area contributed by atoms with Crippen LogP contribution >= 0.6 is 23.2 Å². The second kappa shape index (κ2) is 13.4. The van der Waals surface area contributed by atoms with Crippen molar-refractivity contribution in [1.82, 2.24) is 9.80 Å². The summed E-state index contributed by atoms with van der Waals surface area (Å²) in [6, 6.07) is 10.5. The topological polar surface area (TPSA) is 82.1 Å². The maximum absolute atomic E-state index is 13.7. The Labute approximate surface area is 241 Å². The number of aliphatic hydroxyl groups is 1. The van der Waals surface area contributed by atoms with E-state index < -0.39 is 0 Å². The molecule has 0 unspecified atom stereocenters. The zero-order valence-corrected chi connectivity index (χ0v) is 24.5. The van der Waals surface area contributed by atoms with Crippen molar-refractivity contribution in [2.45, 2.75) is 64.6 Å². The molecule has 2 aromatic rings. The second-order valence-corrected chi connectivity index (χ2v) is 11.9. The van der Waals surface area contributed by atoms with Crippen LogP contribution in [0.3, 0.4) is 0 Å². The Morgan fingerprint density at radius 3 is 2.62 bits per heavy atom. The maximum atomic E-state index is 13.7. The van der Waals surface area contributed by atoms with Gasteiger partial charge in [-0.25, -0.2) is 0 Å². The summed E-state index contributed by atoms with van der Waals surface area (Å²) < 4.78 is 6.64. The number of rotatable bonds is 8. The summed E-state index contributed by atoms with van der Waals surface area (Å²) in [6.45, 7) is 5.38. The Bertz CT molecular complexity index is 1170. The summed E-state index contributed by atoms with van der Waals surface area (Å²) in [5, 5.41) is 14.0. The molecular formula is C30H39Cl2N3O4. The van der Waals surface area contributed by atoms with Gasteiger partial charge in [0.1, 0.15) is 6.10 Å². The van der Waals surface area contributed by atoms with Gasteiger partial charge in [-0.15, -0.1) is 0 Å². The van der Waals surface area contributed by atoms with Gasteiger partial charge in [-0.05, 0) is 56.6 Å². The molecule has 212 valence electrons. The minimum Gasteiger partial charge on any atom is -0.486 e. The van der Waals surface area contributed by atoms with Gasteiger partial charge >= 0.3 is 0 Å². The van der Waals surface area contributed by atoms with Gasteiger partial charge in [0.25, 0.3) is 5.91 Å². The van der Waals surface area contributed by atoms with E-state index in [0.717, 1.165) is 37.7 Å². The first-order valence-corrected chi connectivity index (χ1v) is 14.6. The van der Waals surface area contributed by atoms with Crippen LogP contribution in [0.25, 0.3) is 0 Å². The minimum absolute atomic E-state index is 0.0249. The summed E-state index contributed by atoms with van der Waals surface area (Å²) in [5.41, 5.74) is 1.93. The van der Waals surface area contributed by atoms with Crippen molar-refractivity contribution in [2.75, 3.05) is 32.1 Å². The van der Waals surface area contributed by atoms with Crippen LogP contribution in [0.5, 0.6) is 5.75 Å². The third-order valence-electron chi connectivity index (χ3n) is 7.85. The SMILES string of the molecule is C[C@H]1CN([C@@H](C)CO)C(=O)c2cccc(NC(=O)C3CCCCC3)c2O[C@H]1CN(C)Cc1ccc(Cl)c(Cl)c1. The molecule has 1 aliphatic carbocycles. The quantitative estimate of drug-likeness (QED) is 0.411. The lowest BCUT2D eigenvalue weighted by molar-refractivity contribution is -0.120. The molecule has 2 aromatic carbocycles. The van der Waals surface area contributed by atoms with E-state index in [-0.39, 0.29) is 42.4 Å². The highest BCUT2D eigenvalue weighted by molar-refractivity contribution is 6.42. The molecule has 3 atom stereocenters. The predicted octanol–water partition coefficient (Wildman–Crippen LogP) is 5.86. The number of halogens is 2. The number of nitrogens with zero attached hydrogens (tertiary/aromatic N) is 2. The first-order chi connectivity index (χ1) is 18.7. The molecular weight excluding hydrogens is 537 g/mol. The third-order valence-corrected chi connectivity index (χ3v) is 8.59. The van der Waals surface area contributed by atoms with E-state index in [4.69, 9.17) is 27.9 Å². The number of likely N-dealkylation sites (N-methyl/N-ethyl adjacent to an activating group) is 1. The van der Waals surface area contributed by atoms with Crippen LogP contribution in [0.2, 0.25) is 10.0 Å². The summed E-state index contributed by atoms with van der Waals surface area (Å²) in [7, 11) is 2.01. The molecule has 2 N–H and O–H groups in total. The van der Waals surface area contributed by atoms with Gasteiger partial charge < -0.3 is 20.1 Å². The molecule has 4 rings (SSSR count). The summed E-state index contributed by atoms with van der Waals surface area (Å²) in [5.74, 6) is 0.0745. The fourth-order valence-corrected chi connectivity index (χ4v) is 5.80. The molecule has 0 spiro atoms. The molecule has 7 nitrogen and oxygen atoms in total. The van der Waals surface area contributed by atoms with Gasteiger partial charge in [-0.3, -0.25) is 14.5 Å². The van der Waals surface area contributed by atoms with E-state index in [1.807, 2.05) is 26.1 Å². The van der Waals surface area contributed by atoms with E-state index >= 15 is 0 Å². The zero-order chi connectivity index (χ0) is 28.1. The normalized spacial score (nSPS) is 21.1. The molecule has 2 aliphatic rings. The lowest BCUT2D eigenvalue weighted by Gasteiger charge is -2.38. The highest BCUT2D eigenvalue weighted by atomic mass is 35.5. The summed E-state index contributed by atoms with van der Waals surface area (Å²) >= 11 is 12.3. The van der Waals surface area contributed by atoms with Crippen LogP contribution in [-0.2, 0) is 11.3 Å². The second-order valence-electron chi connectivity index (χ2n) is 11.1. The first-order valence-electron chi connectivity index (χ1n) is 13.8. The van der Waals surface area contributed by atoms with E-state index in [0.29, 0.717) is 46.7 Å². The standard InChI is InChI=1S/C30H39Cl2N3O4/c1-19-15-35(20(2)18-36)30(38)23-10-7-11-26(33-29(37)22-8-5-4-6-9-22)28(23)39-27(19)17-34(3)16-21-12-13-24(31)25(32)14-21/h7,10-14,19-20,22,27,36H,4-6,8-9,15-18H2,1-3H3,(H,33,37)/t19-,20-,27-/m0/s1. The first kappa shape index (κ1) is 29.7. The number of fused-ring (bicyclic) bond motifs is 1. The fourth-order valence-electron chi connectivity index (χ4n) is 5.48. The predicted molar refractivity (Wildman–Crippen MR) is 156 cm³/mol. The number of para-hydroxylation sites is 1. The van der Waals surface area contributed by atoms with Crippen molar-refractivity contribution in [3.8, 4) is 5.75 Å². The number of aliphatic hydroxyl groups excluding tert-OH is 1. The Balaban J connectivity index is 1.63. The molecule has 1 heterocycles. The highest BCUT2D eigenvalue weighted by Gasteiger charge is 2.35. The van der Waals surface area contributed by atoms with E-state index in [1.54, 1.807) is 29.2 Å². The fraction of sp³-hybridized carbons (Fsp3) is 0.533. The molecule has 2 amide bonds. The number of anilines is 1. The maximum Gasteiger partial charge on any atom is 0.258 e. The van der Waals surface area contributed by atoms with E-state index in [2.05, 4.69) is 17.1 Å². The molecule has 0 aromatic heterocycles. The van der Waals surface area contributed by atoms with Crippen molar-refractivity contribution in [2.24, 2.45) is 11.8 Å². The number of ether oxygens (including phenoxy) is 1. The van der Waals surface area contributed by atoms with Crippen molar-refractivity contribution < 1.29 is 19.4 Å². The third kappa shape index (κ3) is 7.26. The van der Waals surface area contributed by atoms with Gasteiger partial charge in [0, 0.05) is 31.5 Å². The van der Waals surface area contributed by atoms with Crippen LogP contribution in [0.4, 0.5) is 5.69 Å². The van der Waals surface area contributed by atoms with Crippen LogP contribution < -0.4 is 10.1 Å². The van der Waals surface area contributed by atoms with Crippen LogP contribution in [0.1, 0.15) is 61.9 Å². The average Bonchev–Trinajstić information content (AvgIpc) is 2.93. The number of nitrogens with one attached hydrogen (secondary N) is 1. The number of amides is 2. The van der Waals surface area contributed by atoms with Gasteiger partial charge in [-0.1, -0.05) is 61.5 Å². The molecule has 9 heteroatoms. The van der Waals surface area contributed by atoms with Crippen molar-refractivity contribution in [3.05, 3.63) is 57.6 Å². The van der Waals surface area contributed by atoms with Crippen LogP contribution in [-0.4, -0.2) is 65.6 Å². The molecule has 1 aliphatic heterocycles. The number of carbonyl (C=O) groups is 2. The van der Waals surface area contributed by atoms with E-state index in [9.17, 15) is 14.7 Å². The molecule has 1 saturated carbocycles. The Kier molecular flexibility index (Phi) is 10.2. The molecule has 0 bridgehead atoms. The minimum atomic E-state index is -0.360. The van der Waals surface area contributed by atoms with Crippen LogP contribution in [0.15, 0.2) is 36.4 Å². The molecule has 1 fully saturated rings. The number of hydrogen-bond donors (Lipinski definition) is 2. The van der Waals surface area contributed by atoms with Crippen molar-refractivity contribution in [3.63, 3.8) is 0 Å². The summed E-state index contributed by atoms with van der Waals surface area (Å²) in [4.78, 5) is 30.7. The van der Waals surface area contributed by atoms with Gasteiger partial charge in [-0.2, -0.15) is 0 Å². The molecule has 0 saturated heterocycles.